The molecule has 1 aliphatic carbocycles. The Morgan fingerprint density at radius 1 is 1.30 bits per heavy atom. The molecule has 0 aromatic carbocycles. The number of pyridine rings is 1. The SMILES string of the molecule is Cc1nccn1-c1ncccc1NC(=O)CNCC1CC1.Cl.Cl. The highest BCUT2D eigenvalue weighted by Crippen LogP contribution is 2.27. The molecule has 1 aliphatic rings. The third-order valence-corrected chi connectivity index (χ3v) is 3.53. The molecule has 8 heteroatoms. The van der Waals surface area contributed by atoms with Crippen molar-refractivity contribution in [2.45, 2.75) is 19.8 Å². The lowest BCUT2D eigenvalue weighted by Crippen LogP contribution is -2.29. The highest BCUT2D eigenvalue weighted by molar-refractivity contribution is 5.93. The van der Waals surface area contributed by atoms with Gasteiger partial charge in [0, 0.05) is 18.6 Å². The number of hydrogen-bond donors (Lipinski definition) is 2. The Morgan fingerprint density at radius 3 is 2.74 bits per heavy atom. The number of nitrogens with one attached hydrogen (secondary N) is 2. The molecule has 0 aliphatic heterocycles. The Balaban J connectivity index is 0.00000132. The number of imidazole rings is 1. The molecular formula is C15H21Cl2N5O. The number of carbonyl (C=O) groups is 1. The zero-order valence-electron chi connectivity index (χ0n) is 12.9. The maximum Gasteiger partial charge on any atom is 0.238 e. The van der Waals surface area contributed by atoms with E-state index in [1.165, 1.54) is 12.8 Å². The standard InChI is InChI=1S/C15H19N5O.2ClH/c1-11-17-7-8-20(11)15-13(3-2-6-18-15)19-14(21)10-16-9-12-4-5-12;;/h2-3,6-8,12,16H,4-5,9-10H2,1H3,(H,19,21);2*1H. The van der Waals surface area contributed by atoms with Gasteiger partial charge in [0.15, 0.2) is 5.82 Å². The normalized spacial score (nSPS) is 12.9. The van der Waals surface area contributed by atoms with Crippen LogP contribution in [0, 0.1) is 12.8 Å². The summed E-state index contributed by atoms with van der Waals surface area (Å²) in [5, 5.41) is 6.09. The minimum Gasteiger partial charge on any atom is -0.322 e. The number of halogens is 2. The van der Waals surface area contributed by atoms with Crippen LogP contribution >= 0.6 is 24.8 Å². The van der Waals surface area contributed by atoms with Gasteiger partial charge in [0.25, 0.3) is 0 Å². The fourth-order valence-corrected chi connectivity index (χ4v) is 2.19. The van der Waals surface area contributed by atoms with Gasteiger partial charge < -0.3 is 10.6 Å². The monoisotopic (exact) mass is 357 g/mol. The number of carbonyl (C=O) groups excluding carboxylic acids is 1. The molecule has 2 heterocycles. The lowest BCUT2D eigenvalue weighted by molar-refractivity contribution is -0.115. The van der Waals surface area contributed by atoms with Gasteiger partial charge in [-0.1, -0.05) is 0 Å². The molecule has 2 aromatic rings. The first kappa shape index (κ1) is 19.4. The van der Waals surface area contributed by atoms with Crippen LogP contribution in [-0.4, -0.2) is 33.5 Å². The number of aryl methyl sites for hydroxylation is 1. The summed E-state index contributed by atoms with van der Waals surface area (Å²) in [4.78, 5) is 20.5. The molecule has 1 amide bonds. The number of amides is 1. The van der Waals surface area contributed by atoms with Crippen molar-refractivity contribution in [2.24, 2.45) is 5.92 Å². The van der Waals surface area contributed by atoms with E-state index >= 15 is 0 Å². The quantitative estimate of drug-likeness (QED) is 0.832. The predicted octanol–water partition coefficient (Wildman–Crippen LogP) is 2.36. The van der Waals surface area contributed by atoms with Crippen LogP contribution in [0.5, 0.6) is 0 Å². The molecule has 6 nitrogen and oxygen atoms in total. The van der Waals surface area contributed by atoms with E-state index in [1.54, 1.807) is 12.4 Å². The van der Waals surface area contributed by atoms with E-state index in [0.29, 0.717) is 18.1 Å². The summed E-state index contributed by atoms with van der Waals surface area (Å²) in [7, 11) is 0. The van der Waals surface area contributed by atoms with Crippen molar-refractivity contribution in [1.29, 1.82) is 0 Å². The molecule has 0 unspecified atom stereocenters. The first-order valence-corrected chi connectivity index (χ1v) is 7.20. The summed E-state index contributed by atoms with van der Waals surface area (Å²) >= 11 is 0. The van der Waals surface area contributed by atoms with Gasteiger partial charge in [-0.25, -0.2) is 9.97 Å². The van der Waals surface area contributed by atoms with Crippen LogP contribution < -0.4 is 10.6 Å². The van der Waals surface area contributed by atoms with E-state index in [2.05, 4.69) is 20.6 Å². The van der Waals surface area contributed by atoms with Crippen LogP contribution in [-0.2, 0) is 4.79 Å². The van der Waals surface area contributed by atoms with E-state index in [0.717, 1.165) is 18.3 Å². The summed E-state index contributed by atoms with van der Waals surface area (Å²) in [6.45, 7) is 3.15. The van der Waals surface area contributed by atoms with Crippen molar-refractivity contribution < 1.29 is 4.79 Å². The number of aromatic nitrogens is 3. The van der Waals surface area contributed by atoms with Crippen molar-refractivity contribution in [1.82, 2.24) is 19.9 Å². The molecule has 0 radical (unpaired) electrons. The lowest BCUT2D eigenvalue weighted by Gasteiger charge is -2.12. The Kier molecular flexibility index (Phi) is 7.48. The van der Waals surface area contributed by atoms with Crippen LogP contribution in [0.3, 0.4) is 0 Å². The van der Waals surface area contributed by atoms with Gasteiger partial charge in [-0.3, -0.25) is 9.36 Å². The maximum atomic E-state index is 12.0. The zero-order chi connectivity index (χ0) is 14.7. The van der Waals surface area contributed by atoms with Gasteiger partial charge in [0.05, 0.1) is 12.2 Å². The number of nitrogens with zero attached hydrogens (tertiary/aromatic N) is 3. The van der Waals surface area contributed by atoms with Crippen molar-refractivity contribution in [2.75, 3.05) is 18.4 Å². The molecular weight excluding hydrogens is 337 g/mol. The molecule has 126 valence electrons. The molecule has 2 N–H and O–H groups in total. The van der Waals surface area contributed by atoms with E-state index < -0.39 is 0 Å². The molecule has 3 rings (SSSR count). The Labute approximate surface area is 147 Å². The number of rotatable bonds is 6. The molecule has 1 saturated carbocycles. The third-order valence-electron chi connectivity index (χ3n) is 3.53. The smallest absolute Gasteiger partial charge is 0.238 e. The zero-order valence-corrected chi connectivity index (χ0v) is 14.5. The van der Waals surface area contributed by atoms with Gasteiger partial charge >= 0.3 is 0 Å². The Hall–Kier alpha value is -1.63. The summed E-state index contributed by atoms with van der Waals surface area (Å²) < 4.78 is 1.85. The van der Waals surface area contributed by atoms with Crippen molar-refractivity contribution >= 4 is 36.4 Å². The minimum absolute atomic E-state index is 0. The van der Waals surface area contributed by atoms with E-state index in [-0.39, 0.29) is 30.7 Å². The topological polar surface area (TPSA) is 71.8 Å². The van der Waals surface area contributed by atoms with Gasteiger partial charge in [0.1, 0.15) is 5.82 Å². The van der Waals surface area contributed by atoms with E-state index in [1.807, 2.05) is 29.8 Å². The van der Waals surface area contributed by atoms with Gasteiger partial charge in [-0.05, 0) is 44.4 Å². The minimum atomic E-state index is -0.0531. The van der Waals surface area contributed by atoms with Crippen molar-refractivity contribution in [3.05, 3.63) is 36.5 Å². The Bertz CT molecular complexity index is 642. The highest BCUT2D eigenvalue weighted by Gasteiger charge is 2.20. The molecule has 23 heavy (non-hydrogen) atoms. The molecule has 0 atom stereocenters. The Morgan fingerprint density at radius 2 is 2.09 bits per heavy atom. The van der Waals surface area contributed by atoms with Crippen molar-refractivity contribution in [3.8, 4) is 5.82 Å². The average Bonchev–Trinajstić information content (AvgIpc) is 3.20. The number of hydrogen-bond acceptors (Lipinski definition) is 4. The molecule has 1 fully saturated rings. The summed E-state index contributed by atoms with van der Waals surface area (Å²) in [5.41, 5.74) is 0.692. The van der Waals surface area contributed by atoms with Gasteiger partial charge in [-0.2, -0.15) is 0 Å². The van der Waals surface area contributed by atoms with Gasteiger partial charge in [0.2, 0.25) is 5.91 Å². The largest absolute Gasteiger partial charge is 0.322 e. The summed E-state index contributed by atoms with van der Waals surface area (Å²) in [6, 6.07) is 3.66. The molecule has 0 saturated heterocycles. The molecule has 0 bridgehead atoms. The second kappa shape index (κ2) is 8.86. The van der Waals surface area contributed by atoms with Crippen LogP contribution in [0.4, 0.5) is 5.69 Å². The second-order valence-corrected chi connectivity index (χ2v) is 5.34. The summed E-state index contributed by atoms with van der Waals surface area (Å²) in [6.07, 6.45) is 7.81. The summed E-state index contributed by atoms with van der Waals surface area (Å²) in [5.74, 6) is 2.22. The van der Waals surface area contributed by atoms with Crippen LogP contribution in [0.1, 0.15) is 18.7 Å². The average molecular weight is 358 g/mol. The first-order chi connectivity index (χ1) is 10.2. The predicted molar refractivity (Wildman–Crippen MR) is 94.8 cm³/mol. The maximum absolute atomic E-state index is 12.0. The molecule has 2 aromatic heterocycles. The third kappa shape index (κ3) is 5.20. The fourth-order valence-electron chi connectivity index (χ4n) is 2.19. The van der Waals surface area contributed by atoms with Crippen LogP contribution in [0.15, 0.2) is 30.7 Å². The fraction of sp³-hybridized carbons (Fsp3) is 0.400. The van der Waals surface area contributed by atoms with E-state index in [4.69, 9.17) is 0 Å². The first-order valence-electron chi connectivity index (χ1n) is 7.20. The van der Waals surface area contributed by atoms with E-state index in [9.17, 15) is 4.79 Å². The van der Waals surface area contributed by atoms with Crippen LogP contribution in [0.25, 0.3) is 5.82 Å². The highest BCUT2D eigenvalue weighted by atomic mass is 35.5. The van der Waals surface area contributed by atoms with Gasteiger partial charge in [-0.15, -0.1) is 24.8 Å². The number of anilines is 1. The second-order valence-electron chi connectivity index (χ2n) is 5.34. The lowest BCUT2D eigenvalue weighted by atomic mass is 10.3. The van der Waals surface area contributed by atoms with Crippen molar-refractivity contribution in [3.63, 3.8) is 0 Å². The molecule has 0 spiro atoms. The van der Waals surface area contributed by atoms with Crippen LogP contribution in [0.2, 0.25) is 0 Å².